The van der Waals surface area contributed by atoms with Crippen LogP contribution in [-0.4, -0.2) is 19.5 Å². The third-order valence-corrected chi connectivity index (χ3v) is 8.57. The molecule has 8 aromatic rings. The lowest BCUT2D eigenvalue weighted by atomic mass is 10.0. The summed E-state index contributed by atoms with van der Waals surface area (Å²) in [6, 6.07) is 56.6. The van der Waals surface area contributed by atoms with Crippen molar-refractivity contribution in [3.05, 3.63) is 164 Å². The highest BCUT2D eigenvalue weighted by molar-refractivity contribution is 5.96. The number of benzene rings is 6. The Balaban J connectivity index is 1.21. The van der Waals surface area contributed by atoms with Crippen molar-refractivity contribution in [3.63, 3.8) is 0 Å². The van der Waals surface area contributed by atoms with E-state index in [0.29, 0.717) is 5.82 Å². The summed E-state index contributed by atoms with van der Waals surface area (Å²) >= 11 is 0. The first-order chi connectivity index (χ1) is 22.8. The maximum atomic E-state index is 5.20. The molecule has 216 valence electrons. The molecule has 0 saturated carbocycles. The van der Waals surface area contributed by atoms with Gasteiger partial charge < -0.3 is 0 Å². The second-order valence-corrected chi connectivity index (χ2v) is 11.3. The lowest BCUT2D eigenvalue weighted by Gasteiger charge is -2.24. The Bertz CT molecular complexity index is 2300. The van der Waals surface area contributed by atoms with Gasteiger partial charge in [-0.2, -0.15) is 0 Å². The van der Waals surface area contributed by atoms with Crippen LogP contribution in [0.3, 0.4) is 0 Å². The molecule has 0 N–H and O–H groups in total. The van der Waals surface area contributed by atoms with Crippen LogP contribution >= 0.6 is 0 Å². The summed E-state index contributed by atoms with van der Waals surface area (Å²) in [4.78, 5) is 17.6. The van der Waals surface area contributed by atoms with Crippen LogP contribution in [0.15, 0.2) is 164 Å². The Morgan fingerprint density at radius 1 is 0.413 bits per heavy atom. The lowest BCUT2D eigenvalue weighted by Crippen LogP contribution is -2.14. The summed E-state index contributed by atoms with van der Waals surface area (Å²) in [5.74, 6) is 1.53. The van der Waals surface area contributed by atoms with E-state index in [9.17, 15) is 0 Å². The number of nitrogens with zero attached hydrogens (tertiary/aromatic N) is 5. The zero-order valence-corrected chi connectivity index (χ0v) is 24.8. The van der Waals surface area contributed by atoms with Crippen molar-refractivity contribution in [2.45, 2.75) is 0 Å². The smallest absolute Gasteiger partial charge is 0.220 e. The summed E-state index contributed by atoms with van der Waals surface area (Å²) in [6.45, 7) is 0. The van der Waals surface area contributed by atoms with Gasteiger partial charge in [0.2, 0.25) is 5.95 Å². The Kier molecular flexibility index (Phi) is 6.06. The SMILES string of the molecule is c1ccc(-c2cc(-c3ccccc3)nc(-c3ccc(N4c5ccccc5-c5ccccc5-n5c4nc4ccccc45)cc3)n2)cc1. The maximum absolute atomic E-state index is 5.20. The van der Waals surface area contributed by atoms with Crippen LogP contribution in [0.25, 0.3) is 61.8 Å². The third kappa shape index (κ3) is 4.29. The van der Waals surface area contributed by atoms with Gasteiger partial charge in [0.05, 0.1) is 33.8 Å². The number of para-hydroxylation sites is 4. The van der Waals surface area contributed by atoms with Gasteiger partial charge in [0, 0.05) is 33.5 Å². The van der Waals surface area contributed by atoms with Crippen LogP contribution in [0.1, 0.15) is 0 Å². The molecule has 46 heavy (non-hydrogen) atoms. The van der Waals surface area contributed by atoms with Crippen molar-refractivity contribution in [2.24, 2.45) is 0 Å². The van der Waals surface area contributed by atoms with Gasteiger partial charge in [-0.3, -0.25) is 9.47 Å². The number of aromatic nitrogens is 4. The molecule has 9 rings (SSSR count). The normalized spacial score (nSPS) is 11.9. The first-order valence-corrected chi connectivity index (χ1v) is 15.4. The van der Waals surface area contributed by atoms with Crippen LogP contribution in [0, 0.1) is 0 Å². The van der Waals surface area contributed by atoms with Crippen molar-refractivity contribution < 1.29 is 0 Å². The molecule has 0 atom stereocenters. The van der Waals surface area contributed by atoms with Gasteiger partial charge in [-0.05, 0) is 54.6 Å². The van der Waals surface area contributed by atoms with E-state index in [1.165, 1.54) is 5.56 Å². The molecule has 1 aliphatic rings. The minimum atomic E-state index is 0.683. The quantitative estimate of drug-likeness (QED) is 0.205. The standard InChI is InChI=1S/C41H27N5/c1-3-13-28(14-4-1)35-27-36(29-15-5-2-6-16-29)43-40(42-35)30-23-25-31(26-24-30)45-37-20-10-7-17-32(37)33-18-8-11-21-38(33)46-39-22-12-9-19-34(39)44-41(45)46/h1-27H. The molecule has 0 amide bonds. The zero-order chi connectivity index (χ0) is 30.5. The predicted octanol–water partition coefficient (Wildman–Crippen LogP) is 10.3. The summed E-state index contributed by atoms with van der Waals surface area (Å²) in [6.07, 6.45) is 0. The highest BCUT2D eigenvalue weighted by Crippen LogP contribution is 2.47. The van der Waals surface area contributed by atoms with Crippen LogP contribution in [0.4, 0.5) is 17.3 Å². The van der Waals surface area contributed by atoms with Crippen LogP contribution in [0.2, 0.25) is 0 Å². The molecule has 0 unspecified atom stereocenters. The number of imidazole rings is 1. The molecule has 5 nitrogen and oxygen atoms in total. The van der Waals surface area contributed by atoms with Crippen molar-refractivity contribution in [3.8, 4) is 50.7 Å². The number of fused-ring (bicyclic) bond motifs is 7. The predicted molar refractivity (Wildman–Crippen MR) is 187 cm³/mol. The van der Waals surface area contributed by atoms with Gasteiger partial charge in [0.15, 0.2) is 5.82 Å². The van der Waals surface area contributed by atoms with Gasteiger partial charge >= 0.3 is 0 Å². The van der Waals surface area contributed by atoms with Gasteiger partial charge in [-0.1, -0.05) is 109 Å². The highest BCUT2D eigenvalue weighted by Gasteiger charge is 2.28. The molecule has 0 bridgehead atoms. The molecule has 0 spiro atoms. The Morgan fingerprint density at radius 2 is 0.957 bits per heavy atom. The molecule has 2 aromatic heterocycles. The zero-order valence-electron chi connectivity index (χ0n) is 24.8. The molecule has 3 heterocycles. The average molecular weight is 590 g/mol. The van der Waals surface area contributed by atoms with Crippen molar-refractivity contribution >= 4 is 28.4 Å². The number of hydrogen-bond acceptors (Lipinski definition) is 4. The fraction of sp³-hybridized carbons (Fsp3) is 0. The largest absolute Gasteiger partial charge is 0.280 e. The minimum Gasteiger partial charge on any atom is -0.280 e. The van der Waals surface area contributed by atoms with E-state index >= 15 is 0 Å². The monoisotopic (exact) mass is 589 g/mol. The number of anilines is 3. The molecule has 0 saturated heterocycles. The van der Waals surface area contributed by atoms with Crippen molar-refractivity contribution in [2.75, 3.05) is 4.90 Å². The molecule has 6 aromatic carbocycles. The average Bonchev–Trinajstić information content (AvgIpc) is 3.46. The summed E-state index contributed by atoms with van der Waals surface area (Å²) < 4.78 is 2.27. The highest BCUT2D eigenvalue weighted by atomic mass is 15.3. The van der Waals surface area contributed by atoms with Crippen molar-refractivity contribution in [1.29, 1.82) is 0 Å². The molecule has 0 radical (unpaired) electrons. The Labute approximate surface area is 266 Å². The minimum absolute atomic E-state index is 0.683. The van der Waals surface area contributed by atoms with E-state index in [4.69, 9.17) is 15.0 Å². The Morgan fingerprint density at radius 3 is 1.63 bits per heavy atom. The lowest BCUT2D eigenvalue weighted by molar-refractivity contribution is 1.05. The number of rotatable bonds is 4. The fourth-order valence-corrected chi connectivity index (χ4v) is 6.41. The van der Waals surface area contributed by atoms with E-state index < -0.39 is 0 Å². The second-order valence-electron chi connectivity index (χ2n) is 11.3. The summed E-state index contributed by atoms with van der Waals surface area (Å²) in [5, 5.41) is 0. The van der Waals surface area contributed by atoms with E-state index in [-0.39, 0.29) is 0 Å². The topological polar surface area (TPSA) is 46.8 Å². The van der Waals surface area contributed by atoms with Gasteiger partial charge in [0.25, 0.3) is 0 Å². The molecule has 0 aliphatic carbocycles. The van der Waals surface area contributed by atoms with Crippen LogP contribution in [-0.2, 0) is 0 Å². The first kappa shape index (κ1) is 26.1. The molecular formula is C41H27N5. The summed E-state index contributed by atoms with van der Waals surface area (Å²) in [7, 11) is 0. The van der Waals surface area contributed by atoms with E-state index in [1.54, 1.807) is 0 Å². The maximum Gasteiger partial charge on any atom is 0.220 e. The van der Waals surface area contributed by atoms with Gasteiger partial charge in [-0.15, -0.1) is 0 Å². The van der Waals surface area contributed by atoms with Gasteiger partial charge in [0.1, 0.15) is 0 Å². The van der Waals surface area contributed by atoms with Crippen molar-refractivity contribution in [1.82, 2.24) is 19.5 Å². The number of hydrogen-bond donors (Lipinski definition) is 0. The van der Waals surface area contributed by atoms with Crippen LogP contribution < -0.4 is 4.90 Å². The summed E-state index contributed by atoms with van der Waals surface area (Å²) in [5.41, 5.74) is 12.4. The van der Waals surface area contributed by atoms with E-state index in [1.807, 2.05) is 42.5 Å². The molecule has 5 heteroatoms. The molecular weight excluding hydrogens is 562 g/mol. The van der Waals surface area contributed by atoms with E-state index in [0.717, 1.165) is 67.7 Å². The fourth-order valence-electron chi connectivity index (χ4n) is 6.41. The van der Waals surface area contributed by atoms with E-state index in [2.05, 4.69) is 131 Å². The third-order valence-electron chi connectivity index (χ3n) is 8.57. The molecule has 1 aliphatic heterocycles. The second kappa shape index (κ2) is 10.7. The Hall–Kier alpha value is -6.33. The first-order valence-electron chi connectivity index (χ1n) is 15.4. The van der Waals surface area contributed by atoms with Crippen LogP contribution in [0.5, 0.6) is 0 Å². The molecule has 0 fully saturated rings. The van der Waals surface area contributed by atoms with Gasteiger partial charge in [-0.25, -0.2) is 15.0 Å².